The van der Waals surface area contributed by atoms with Crippen LogP contribution in [0.25, 0.3) is 0 Å². The fourth-order valence-corrected chi connectivity index (χ4v) is 3.17. The summed E-state index contributed by atoms with van der Waals surface area (Å²) < 4.78 is 0. The van der Waals surface area contributed by atoms with Gasteiger partial charge in [0, 0.05) is 26.6 Å². The monoisotopic (exact) mass is 302 g/mol. The number of benzene rings is 1. The summed E-state index contributed by atoms with van der Waals surface area (Å²) in [6, 6.07) is 9.06. The first-order valence-electron chi connectivity index (χ1n) is 8.60. The van der Waals surface area contributed by atoms with E-state index in [1.54, 1.807) is 6.92 Å². The van der Waals surface area contributed by atoms with Gasteiger partial charge in [0.2, 0.25) is 5.91 Å². The molecule has 1 aromatic carbocycles. The van der Waals surface area contributed by atoms with E-state index in [0.717, 1.165) is 26.1 Å². The maximum absolute atomic E-state index is 11.0. The van der Waals surface area contributed by atoms with Crippen LogP contribution in [0.15, 0.2) is 24.3 Å². The first kappa shape index (κ1) is 17.0. The molecule has 2 rings (SSSR count). The van der Waals surface area contributed by atoms with Crippen molar-refractivity contribution in [3.63, 3.8) is 0 Å². The average Bonchev–Trinajstić information content (AvgIpc) is 2.52. The van der Waals surface area contributed by atoms with Gasteiger partial charge in [0.15, 0.2) is 0 Å². The van der Waals surface area contributed by atoms with Crippen LogP contribution < -0.4 is 5.32 Å². The Hall–Kier alpha value is -1.35. The van der Waals surface area contributed by atoms with E-state index in [-0.39, 0.29) is 5.91 Å². The van der Waals surface area contributed by atoms with Crippen LogP contribution in [-0.4, -0.2) is 37.0 Å². The SMILES string of the molecule is CC(=O)NC[C@@H]1CCCN(CCc2ccc(C(C)C)cc2)C1. The van der Waals surface area contributed by atoms with Crippen LogP contribution in [0.2, 0.25) is 0 Å². The van der Waals surface area contributed by atoms with E-state index in [1.807, 2.05) is 0 Å². The largest absolute Gasteiger partial charge is 0.356 e. The molecule has 0 saturated carbocycles. The zero-order valence-corrected chi connectivity index (χ0v) is 14.3. The van der Waals surface area contributed by atoms with Crippen molar-refractivity contribution in [2.45, 2.75) is 46.0 Å². The third-order valence-electron chi connectivity index (χ3n) is 4.61. The van der Waals surface area contributed by atoms with Crippen LogP contribution in [0.1, 0.15) is 50.7 Å². The molecule has 3 heteroatoms. The van der Waals surface area contributed by atoms with Gasteiger partial charge in [-0.05, 0) is 48.8 Å². The molecule has 1 aliphatic heterocycles. The third-order valence-corrected chi connectivity index (χ3v) is 4.61. The van der Waals surface area contributed by atoms with E-state index >= 15 is 0 Å². The molecule has 1 N–H and O–H groups in total. The van der Waals surface area contributed by atoms with Gasteiger partial charge in [0.1, 0.15) is 0 Å². The topological polar surface area (TPSA) is 32.3 Å². The van der Waals surface area contributed by atoms with Crippen molar-refractivity contribution in [3.05, 3.63) is 35.4 Å². The van der Waals surface area contributed by atoms with E-state index in [9.17, 15) is 4.79 Å². The Bertz CT molecular complexity index is 467. The van der Waals surface area contributed by atoms with E-state index in [2.05, 4.69) is 48.3 Å². The molecule has 3 nitrogen and oxygen atoms in total. The molecule has 22 heavy (non-hydrogen) atoms. The highest BCUT2D eigenvalue weighted by molar-refractivity contribution is 5.72. The van der Waals surface area contributed by atoms with E-state index in [0.29, 0.717) is 11.8 Å². The second-order valence-electron chi connectivity index (χ2n) is 6.89. The molecule has 1 saturated heterocycles. The Morgan fingerprint density at radius 3 is 2.68 bits per heavy atom. The van der Waals surface area contributed by atoms with Crippen LogP contribution >= 0.6 is 0 Å². The van der Waals surface area contributed by atoms with Gasteiger partial charge in [-0.3, -0.25) is 4.79 Å². The lowest BCUT2D eigenvalue weighted by Gasteiger charge is -2.32. The van der Waals surface area contributed by atoms with Crippen molar-refractivity contribution in [1.82, 2.24) is 10.2 Å². The normalized spacial score (nSPS) is 19.4. The number of hydrogen-bond acceptors (Lipinski definition) is 2. The van der Waals surface area contributed by atoms with Gasteiger partial charge in [0.05, 0.1) is 0 Å². The molecule has 1 atom stereocenters. The van der Waals surface area contributed by atoms with E-state index in [4.69, 9.17) is 0 Å². The fraction of sp³-hybridized carbons (Fsp3) is 0.632. The van der Waals surface area contributed by atoms with Crippen molar-refractivity contribution in [2.75, 3.05) is 26.2 Å². The first-order chi connectivity index (χ1) is 10.5. The van der Waals surface area contributed by atoms with Gasteiger partial charge in [-0.15, -0.1) is 0 Å². The summed E-state index contributed by atoms with van der Waals surface area (Å²) in [6.45, 7) is 10.3. The molecule has 1 aromatic rings. The molecule has 1 fully saturated rings. The predicted molar refractivity (Wildman–Crippen MR) is 92.1 cm³/mol. The zero-order chi connectivity index (χ0) is 15.9. The minimum atomic E-state index is 0.0855. The number of nitrogens with zero attached hydrogens (tertiary/aromatic N) is 1. The summed E-state index contributed by atoms with van der Waals surface area (Å²) in [7, 11) is 0. The van der Waals surface area contributed by atoms with Gasteiger partial charge >= 0.3 is 0 Å². The number of amides is 1. The molecule has 0 aromatic heterocycles. The fourth-order valence-electron chi connectivity index (χ4n) is 3.17. The number of carbonyl (C=O) groups excluding carboxylic acids is 1. The van der Waals surface area contributed by atoms with Crippen molar-refractivity contribution < 1.29 is 4.79 Å². The average molecular weight is 302 g/mol. The standard InChI is InChI=1S/C19H30N2O/c1-15(2)19-8-6-17(7-9-19)10-12-21-11-4-5-18(14-21)13-20-16(3)22/h6-9,15,18H,4-5,10-14H2,1-3H3,(H,20,22)/t18-/m0/s1. The van der Waals surface area contributed by atoms with Gasteiger partial charge in [0.25, 0.3) is 0 Å². The maximum Gasteiger partial charge on any atom is 0.216 e. The summed E-state index contributed by atoms with van der Waals surface area (Å²) in [5.74, 6) is 1.30. The van der Waals surface area contributed by atoms with Crippen LogP contribution in [0.3, 0.4) is 0 Å². The highest BCUT2D eigenvalue weighted by Gasteiger charge is 2.19. The Morgan fingerprint density at radius 2 is 2.05 bits per heavy atom. The smallest absolute Gasteiger partial charge is 0.216 e. The number of carbonyl (C=O) groups is 1. The minimum absolute atomic E-state index is 0.0855. The van der Waals surface area contributed by atoms with Gasteiger partial charge in [-0.25, -0.2) is 0 Å². The molecular weight excluding hydrogens is 272 g/mol. The van der Waals surface area contributed by atoms with E-state index in [1.165, 1.54) is 30.5 Å². The summed E-state index contributed by atoms with van der Waals surface area (Å²) in [6.07, 6.45) is 3.60. The number of hydrogen-bond donors (Lipinski definition) is 1. The Morgan fingerprint density at radius 1 is 1.32 bits per heavy atom. The predicted octanol–water partition coefficient (Wildman–Crippen LogP) is 3.20. The third kappa shape index (κ3) is 5.45. The first-order valence-corrected chi connectivity index (χ1v) is 8.60. The minimum Gasteiger partial charge on any atom is -0.356 e. The summed E-state index contributed by atoms with van der Waals surface area (Å²) in [5.41, 5.74) is 2.84. The van der Waals surface area contributed by atoms with Gasteiger partial charge in [-0.1, -0.05) is 38.1 Å². The van der Waals surface area contributed by atoms with Crippen LogP contribution in [0.5, 0.6) is 0 Å². The Balaban J connectivity index is 1.77. The molecule has 0 radical (unpaired) electrons. The quantitative estimate of drug-likeness (QED) is 0.875. The molecule has 1 heterocycles. The molecule has 0 aliphatic carbocycles. The highest BCUT2D eigenvalue weighted by atomic mass is 16.1. The van der Waals surface area contributed by atoms with Gasteiger partial charge < -0.3 is 10.2 Å². The zero-order valence-electron chi connectivity index (χ0n) is 14.3. The Labute approximate surface area is 135 Å². The summed E-state index contributed by atoms with van der Waals surface area (Å²) in [4.78, 5) is 13.6. The number of rotatable bonds is 6. The number of piperidine rings is 1. The molecule has 0 spiro atoms. The lowest BCUT2D eigenvalue weighted by atomic mass is 9.97. The maximum atomic E-state index is 11.0. The number of likely N-dealkylation sites (tertiary alicyclic amines) is 1. The van der Waals surface area contributed by atoms with Crippen LogP contribution in [0.4, 0.5) is 0 Å². The van der Waals surface area contributed by atoms with Crippen molar-refractivity contribution in [2.24, 2.45) is 5.92 Å². The lowest BCUT2D eigenvalue weighted by molar-refractivity contribution is -0.119. The van der Waals surface area contributed by atoms with Crippen molar-refractivity contribution >= 4 is 5.91 Å². The number of nitrogens with one attached hydrogen (secondary N) is 1. The second-order valence-corrected chi connectivity index (χ2v) is 6.89. The van der Waals surface area contributed by atoms with Crippen LogP contribution in [-0.2, 0) is 11.2 Å². The highest BCUT2D eigenvalue weighted by Crippen LogP contribution is 2.18. The van der Waals surface area contributed by atoms with Crippen LogP contribution in [0, 0.1) is 5.92 Å². The van der Waals surface area contributed by atoms with Gasteiger partial charge in [-0.2, -0.15) is 0 Å². The van der Waals surface area contributed by atoms with E-state index < -0.39 is 0 Å². The summed E-state index contributed by atoms with van der Waals surface area (Å²) in [5, 5.41) is 2.96. The lowest BCUT2D eigenvalue weighted by Crippen LogP contribution is -2.41. The summed E-state index contributed by atoms with van der Waals surface area (Å²) >= 11 is 0. The molecule has 1 aliphatic rings. The van der Waals surface area contributed by atoms with Crippen molar-refractivity contribution in [1.29, 1.82) is 0 Å². The Kier molecular flexibility index (Phi) is 6.44. The molecule has 0 bridgehead atoms. The second kappa shape index (κ2) is 8.33. The molecule has 122 valence electrons. The molecular formula is C19H30N2O. The van der Waals surface area contributed by atoms with Crippen molar-refractivity contribution in [3.8, 4) is 0 Å². The molecule has 1 amide bonds. The molecule has 0 unspecified atom stereocenters.